The van der Waals surface area contributed by atoms with E-state index in [2.05, 4.69) is 10.3 Å². The largest absolute Gasteiger partial charge is 0.497 e. The molecule has 2 aliphatic rings. The summed E-state index contributed by atoms with van der Waals surface area (Å²) in [5, 5.41) is 2.84. The van der Waals surface area contributed by atoms with Gasteiger partial charge < -0.3 is 10.1 Å². The van der Waals surface area contributed by atoms with Crippen molar-refractivity contribution in [3.63, 3.8) is 0 Å². The first-order valence-electron chi connectivity index (χ1n) is 7.44. The number of benzene rings is 1. The van der Waals surface area contributed by atoms with Gasteiger partial charge in [-0.15, -0.1) is 0 Å². The molecule has 2 amide bonds. The minimum atomic E-state index is -0.363. The lowest BCUT2D eigenvalue weighted by Gasteiger charge is -2.40. The van der Waals surface area contributed by atoms with Gasteiger partial charge in [-0.3, -0.25) is 4.79 Å². The summed E-state index contributed by atoms with van der Waals surface area (Å²) < 4.78 is 5.15. The van der Waals surface area contributed by atoms with E-state index in [1.807, 2.05) is 38.1 Å². The van der Waals surface area contributed by atoms with Crippen LogP contribution in [0, 0.1) is 11.3 Å². The van der Waals surface area contributed by atoms with Crippen molar-refractivity contribution in [2.75, 3.05) is 7.11 Å². The summed E-state index contributed by atoms with van der Waals surface area (Å²) in [6.45, 7) is 4.08. The molecule has 22 heavy (non-hydrogen) atoms. The molecule has 1 aromatic rings. The van der Waals surface area contributed by atoms with Crippen LogP contribution in [0.25, 0.3) is 0 Å². The lowest BCUT2D eigenvalue weighted by molar-refractivity contribution is -0.124. The molecule has 5 nitrogen and oxygen atoms in total. The number of amides is 2. The summed E-state index contributed by atoms with van der Waals surface area (Å²) in [5.41, 5.74) is 1.49. The van der Waals surface area contributed by atoms with E-state index in [0.717, 1.165) is 11.3 Å². The molecule has 0 aromatic heterocycles. The van der Waals surface area contributed by atoms with Gasteiger partial charge in [-0.2, -0.15) is 0 Å². The minimum Gasteiger partial charge on any atom is -0.497 e. The van der Waals surface area contributed by atoms with Crippen molar-refractivity contribution in [2.45, 2.75) is 32.7 Å². The zero-order valence-electron chi connectivity index (χ0n) is 13.1. The summed E-state index contributed by atoms with van der Waals surface area (Å²) >= 11 is 0. The number of rotatable bonds is 2. The molecule has 3 rings (SSSR count). The number of carbonyl (C=O) groups is 2. The van der Waals surface area contributed by atoms with Crippen molar-refractivity contribution in [1.82, 2.24) is 5.32 Å². The molecule has 0 spiro atoms. The molecule has 1 saturated carbocycles. The van der Waals surface area contributed by atoms with E-state index >= 15 is 0 Å². The molecule has 2 unspecified atom stereocenters. The Morgan fingerprint density at radius 3 is 2.50 bits per heavy atom. The highest BCUT2D eigenvalue weighted by Gasteiger charge is 2.45. The Bertz CT molecular complexity index is 646. The van der Waals surface area contributed by atoms with Crippen LogP contribution >= 0.6 is 0 Å². The SMILES string of the molecule is COc1ccc(C2NC(=O)N=C3CC(C)(C)CC(=O)C32)cc1. The fraction of sp³-hybridized carbons (Fsp3) is 0.471. The summed E-state index contributed by atoms with van der Waals surface area (Å²) in [5.74, 6) is 0.547. The summed E-state index contributed by atoms with van der Waals surface area (Å²) in [6, 6.07) is 6.75. The number of methoxy groups -OCH3 is 1. The van der Waals surface area contributed by atoms with Crippen LogP contribution in [-0.4, -0.2) is 24.6 Å². The predicted octanol–water partition coefficient (Wildman–Crippen LogP) is 2.91. The Morgan fingerprint density at radius 1 is 1.18 bits per heavy atom. The van der Waals surface area contributed by atoms with Crippen molar-refractivity contribution in [1.29, 1.82) is 0 Å². The Balaban J connectivity index is 1.97. The number of hydrogen-bond donors (Lipinski definition) is 1. The first-order chi connectivity index (χ1) is 10.4. The number of carbonyl (C=O) groups excluding carboxylic acids is 2. The molecule has 1 N–H and O–H groups in total. The molecule has 1 fully saturated rings. The van der Waals surface area contributed by atoms with Gasteiger partial charge in [-0.05, 0) is 29.5 Å². The van der Waals surface area contributed by atoms with Gasteiger partial charge in [0.05, 0.1) is 19.1 Å². The molecule has 0 radical (unpaired) electrons. The van der Waals surface area contributed by atoms with Crippen LogP contribution in [-0.2, 0) is 4.79 Å². The molecule has 116 valence electrons. The van der Waals surface area contributed by atoms with Crippen molar-refractivity contribution in [3.8, 4) is 5.75 Å². The van der Waals surface area contributed by atoms with Gasteiger partial charge in [0, 0.05) is 12.1 Å². The van der Waals surface area contributed by atoms with Gasteiger partial charge >= 0.3 is 6.03 Å². The van der Waals surface area contributed by atoms with E-state index in [1.165, 1.54) is 0 Å². The third kappa shape index (κ3) is 2.63. The van der Waals surface area contributed by atoms with Crippen molar-refractivity contribution < 1.29 is 14.3 Å². The molecule has 0 bridgehead atoms. The summed E-state index contributed by atoms with van der Waals surface area (Å²) in [4.78, 5) is 28.6. The number of urea groups is 1. The molecule has 5 heteroatoms. The number of Topliss-reactive ketones (excluding diaryl/α,β-unsaturated/α-hetero) is 1. The normalized spacial score (nSPS) is 26.8. The molecule has 0 saturated heterocycles. The fourth-order valence-corrected chi connectivity index (χ4v) is 3.38. The van der Waals surface area contributed by atoms with E-state index in [9.17, 15) is 9.59 Å². The van der Waals surface area contributed by atoms with Crippen LogP contribution in [0.1, 0.15) is 38.3 Å². The second-order valence-corrected chi connectivity index (χ2v) is 6.77. The molecule has 2 atom stereocenters. The first kappa shape index (κ1) is 14.8. The van der Waals surface area contributed by atoms with Crippen LogP contribution in [0.5, 0.6) is 5.75 Å². The van der Waals surface area contributed by atoms with Crippen LogP contribution in [0.15, 0.2) is 29.3 Å². The van der Waals surface area contributed by atoms with Gasteiger partial charge in [0.1, 0.15) is 11.5 Å². The van der Waals surface area contributed by atoms with Crippen LogP contribution in [0.4, 0.5) is 4.79 Å². The van der Waals surface area contributed by atoms with Gasteiger partial charge in [0.25, 0.3) is 0 Å². The summed E-state index contributed by atoms with van der Waals surface area (Å²) in [6.07, 6.45) is 1.20. The van der Waals surface area contributed by atoms with E-state index in [-0.39, 0.29) is 29.2 Å². The number of fused-ring (bicyclic) bond motifs is 1. The number of ketones is 1. The quantitative estimate of drug-likeness (QED) is 0.913. The molecule has 1 aromatic carbocycles. The maximum atomic E-state index is 12.6. The average molecular weight is 300 g/mol. The van der Waals surface area contributed by atoms with E-state index in [0.29, 0.717) is 18.6 Å². The van der Waals surface area contributed by atoms with Gasteiger partial charge in [0.15, 0.2) is 0 Å². The maximum Gasteiger partial charge on any atom is 0.341 e. The van der Waals surface area contributed by atoms with E-state index < -0.39 is 0 Å². The third-order valence-corrected chi connectivity index (χ3v) is 4.35. The minimum absolute atomic E-state index is 0.130. The lowest BCUT2D eigenvalue weighted by atomic mass is 9.67. The van der Waals surface area contributed by atoms with Gasteiger partial charge in [-0.1, -0.05) is 26.0 Å². The summed E-state index contributed by atoms with van der Waals surface area (Å²) in [7, 11) is 1.61. The van der Waals surface area contributed by atoms with Crippen LogP contribution in [0.2, 0.25) is 0 Å². The fourth-order valence-electron chi connectivity index (χ4n) is 3.38. The highest BCUT2D eigenvalue weighted by molar-refractivity contribution is 6.13. The lowest BCUT2D eigenvalue weighted by Crippen LogP contribution is -2.49. The Kier molecular flexibility index (Phi) is 3.51. The topological polar surface area (TPSA) is 67.8 Å². The third-order valence-electron chi connectivity index (χ3n) is 4.35. The number of nitrogens with zero attached hydrogens (tertiary/aromatic N) is 1. The standard InChI is InChI=1S/C17H20N2O3/c1-17(2)8-12-14(13(20)9-17)15(19-16(21)18-12)10-4-6-11(22-3)7-5-10/h4-7,14-15H,8-9H2,1-3H3,(H,19,21). The van der Waals surface area contributed by atoms with Crippen LogP contribution < -0.4 is 10.1 Å². The van der Waals surface area contributed by atoms with Crippen LogP contribution in [0.3, 0.4) is 0 Å². The Hall–Kier alpha value is -2.17. The molecule has 1 aliphatic heterocycles. The van der Waals surface area contributed by atoms with Gasteiger partial charge in [0.2, 0.25) is 0 Å². The number of hydrogen-bond acceptors (Lipinski definition) is 3. The molecule has 1 aliphatic carbocycles. The Labute approximate surface area is 129 Å². The van der Waals surface area contributed by atoms with Crippen molar-refractivity contribution >= 4 is 17.5 Å². The zero-order valence-corrected chi connectivity index (χ0v) is 13.1. The van der Waals surface area contributed by atoms with Gasteiger partial charge in [-0.25, -0.2) is 9.79 Å². The zero-order chi connectivity index (χ0) is 15.9. The predicted molar refractivity (Wildman–Crippen MR) is 83.2 cm³/mol. The van der Waals surface area contributed by atoms with E-state index in [4.69, 9.17) is 4.74 Å². The highest BCUT2D eigenvalue weighted by Crippen LogP contribution is 2.41. The first-order valence-corrected chi connectivity index (χ1v) is 7.44. The maximum absolute atomic E-state index is 12.6. The molecule has 1 heterocycles. The molecular weight excluding hydrogens is 280 g/mol. The van der Waals surface area contributed by atoms with Crippen molar-refractivity contribution in [2.24, 2.45) is 16.3 Å². The molecular formula is C17H20N2O3. The van der Waals surface area contributed by atoms with E-state index in [1.54, 1.807) is 7.11 Å². The van der Waals surface area contributed by atoms with Crippen molar-refractivity contribution in [3.05, 3.63) is 29.8 Å². The number of aliphatic imine (C=N–C) groups is 1. The smallest absolute Gasteiger partial charge is 0.341 e. The average Bonchev–Trinajstić information content (AvgIpc) is 2.44. The Morgan fingerprint density at radius 2 is 1.86 bits per heavy atom. The number of ether oxygens (including phenoxy) is 1. The second kappa shape index (κ2) is 5.23. The monoisotopic (exact) mass is 300 g/mol. The number of nitrogens with one attached hydrogen (secondary N) is 1. The second-order valence-electron chi connectivity index (χ2n) is 6.77. The highest BCUT2D eigenvalue weighted by atomic mass is 16.5.